The van der Waals surface area contributed by atoms with Gasteiger partial charge in [0.05, 0.1) is 12.2 Å². The lowest BCUT2D eigenvalue weighted by molar-refractivity contribution is -0.591. The fourth-order valence-electron chi connectivity index (χ4n) is 3.75. The van der Waals surface area contributed by atoms with Crippen LogP contribution in [0, 0.1) is 0 Å². The molecular weight excluding hydrogens is 648 g/mol. The lowest BCUT2D eigenvalue weighted by Crippen LogP contribution is -2.30. The number of ether oxygens (including phenoxy) is 9. The molecule has 266 valence electrons. The van der Waals surface area contributed by atoms with Crippen molar-refractivity contribution in [3.63, 3.8) is 0 Å². The van der Waals surface area contributed by atoms with Gasteiger partial charge in [0.1, 0.15) is 19.3 Å². The molecule has 0 spiro atoms. The van der Waals surface area contributed by atoms with Gasteiger partial charge in [0, 0.05) is 72.7 Å². The van der Waals surface area contributed by atoms with Gasteiger partial charge in [-0.3, -0.25) is 28.8 Å². The summed E-state index contributed by atoms with van der Waals surface area (Å²) in [6.07, 6.45) is 0.0770. The molecule has 3 unspecified atom stereocenters. The summed E-state index contributed by atoms with van der Waals surface area (Å²) < 4.78 is 49.5. The Morgan fingerprint density at radius 1 is 0.739 bits per heavy atom. The highest BCUT2D eigenvalue weighted by atomic mass is 32.2. The first-order chi connectivity index (χ1) is 21.4. The molecule has 19 nitrogen and oxygen atoms in total. The first kappa shape index (κ1) is 43.0. The lowest BCUT2D eigenvalue weighted by Gasteiger charge is -2.20. The zero-order valence-electron chi connectivity index (χ0n) is 27.0. The molecule has 20 heteroatoms. The van der Waals surface area contributed by atoms with Gasteiger partial charge in [-0.1, -0.05) is 0 Å². The molecule has 0 bridgehead atoms. The summed E-state index contributed by atoms with van der Waals surface area (Å²) in [6, 6.07) is 0. The number of fused-ring (bicyclic) bond motifs is 1. The van der Waals surface area contributed by atoms with Crippen LogP contribution in [0.25, 0.3) is 0 Å². The maximum absolute atomic E-state index is 10.9. The zero-order chi connectivity index (χ0) is 35.4. The van der Waals surface area contributed by atoms with Crippen LogP contribution >= 0.6 is 12.0 Å². The van der Waals surface area contributed by atoms with E-state index in [1.54, 1.807) is 6.26 Å². The Morgan fingerprint density at radius 2 is 1.26 bits per heavy atom. The van der Waals surface area contributed by atoms with Crippen molar-refractivity contribution in [1.82, 2.24) is 0 Å². The monoisotopic (exact) mass is 690 g/mol. The van der Waals surface area contributed by atoms with Crippen LogP contribution in [-0.4, -0.2) is 103 Å². The molecule has 0 radical (unpaired) electrons. The number of carbonyl (C=O) groups is 6. The van der Waals surface area contributed by atoms with Gasteiger partial charge in [-0.05, 0) is 23.9 Å². The van der Waals surface area contributed by atoms with E-state index in [2.05, 4.69) is 19.1 Å². The molecule has 6 atom stereocenters. The van der Waals surface area contributed by atoms with E-state index in [0.29, 0.717) is 12.8 Å². The van der Waals surface area contributed by atoms with Crippen molar-refractivity contribution >= 4 is 47.9 Å². The maximum Gasteiger partial charge on any atom is 0.310 e. The molecule has 46 heavy (non-hydrogen) atoms. The molecule has 3 saturated heterocycles. The highest BCUT2D eigenvalue weighted by molar-refractivity contribution is 7.93. The molecule has 3 aliphatic heterocycles. The highest BCUT2D eigenvalue weighted by Gasteiger charge is 2.48. The van der Waals surface area contributed by atoms with Gasteiger partial charge in [0.25, 0.3) is 0 Å². The van der Waals surface area contributed by atoms with Gasteiger partial charge < -0.3 is 42.6 Å². The largest absolute Gasteiger partial charge is 0.463 e. The van der Waals surface area contributed by atoms with E-state index in [4.69, 9.17) is 43.2 Å². The SMILES string of the molecule is CC(=O)OC(C)=O.CC(=O)OCC1C[C@@H](OC(C)=O)C(OC(C)=O)O1.CC(=O)OC[C@@H]1C[C@H]2OC(C)(C)OC2O1.CSOOOO. The number of carbonyl (C=O) groups excluding carboxylic acids is 6. The molecule has 0 saturated carbocycles. The number of esters is 6. The Labute approximate surface area is 269 Å². The molecule has 3 aliphatic rings. The molecule has 0 aliphatic carbocycles. The summed E-state index contributed by atoms with van der Waals surface area (Å²) in [5.74, 6) is -3.45. The van der Waals surface area contributed by atoms with E-state index in [9.17, 15) is 28.8 Å². The van der Waals surface area contributed by atoms with Crippen molar-refractivity contribution in [2.75, 3.05) is 19.5 Å². The van der Waals surface area contributed by atoms with Gasteiger partial charge in [0.15, 0.2) is 18.2 Å². The Kier molecular flexibility index (Phi) is 21.1. The van der Waals surface area contributed by atoms with Crippen molar-refractivity contribution in [3.8, 4) is 0 Å². The van der Waals surface area contributed by atoms with E-state index in [-0.39, 0.29) is 37.7 Å². The van der Waals surface area contributed by atoms with Crippen LogP contribution in [0.4, 0.5) is 0 Å². The Hall–Kier alpha value is -2.95. The molecule has 0 amide bonds. The molecule has 0 aromatic rings. The van der Waals surface area contributed by atoms with Crippen molar-refractivity contribution in [1.29, 1.82) is 0 Å². The van der Waals surface area contributed by atoms with E-state index in [1.165, 1.54) is 41.5 Å². The summed E-state index contributed by atoms with van der Waals surface area (Å²) in [6.45, 7) is 11.5. The number of hydrogen-bond donors (Lipinski definition) is 1. The Balaban J connectivity index is 0.000000647. The first-order valence-corrected chi connectivity index (χ1v) is 14.7. The summed E-state index contributed by atoms with van der Waals surface area (Å²) in [5, 5.41) is 13.9. The second-order valence-electron chi connectivity index (χ2n) is 9.72. The fraction of sp³-hybridized carbons (Fsp3) is 0.769. The third kappa shape index (κ3) is 21.0. The summed E-state index contributed by atoms with van der Waals surface area (Å²) in [5.41, 5.74) is 0. The first-order valence-electron chi connectivity index (χ1n) is 13.5. The number of rotatable bonds is 9. The second kappa shape index (κ2) is 22.6. The second-order valence-corrected chi connectivity index (χ2v) is 10.2. The smallest absolute Gasteiger partial charge is 0.310 e. The van der Waals surface area contributed by atoms with Crippen LogP contribution in [0.1, 0.15) is 68.2 Å². The van der Waals surface area contributed by atoms with Gasteiger partial charge >= 0.3 is 35.8 Å². The van der Waals surface area contributed by atoms with E-state index in [1.807, 2.05) is 13.8 Å². The van der Waals surface area contributed by atoms with Crippen LogP contribution in [0.2, 0.25) is 0 Å². The number of hydrogen-bond acceptors (Lipinski definition) is 20. The van der Waals surface area contributed by atoms with Gasteiger partial charge in [-0.2, -0.15) is 0 Å². The van der Waals surface area contributed by atoms with Crippen LogP contribution in [0.15, 0.2) is 0 Å². The average Bonchev–Trinajstić information content (AvgIpc) is 3.54. The molecule has 0 aromatic carbocycles. The summed E-state index contributed by atoms with van der Waals surface area (Å²) >= 11 is 0.919. The summed E-state index contributed by atoms with van der Waals surface area (Å²) in [4.78, 5) is 62.7. The maximum atomic E-state index is 10.9. The van der Waals surface area contributed by atoms with Gasteiger partial charge in [-0.15, -0.1) is 4.33 Å². The van der Waals surface area contributed by atoms with Crippen molar-refractivity contribution in [2.24, 2.45) is 0 Å². The molecule has 3 heterocycles. The third-order valence-electron chi connectivity index (χ3n) is 5.04. The minimum absolute atomic E-state index is 0.0326. The van der Waals surface area contributed by atoms with Crippen molar-refractivity contribution in [2.45, 2.75) is 111 Å². The normalized spacial score (nSPS) is 25.0. The quantitative estimate of drug-likeness (QED) is 0.0689. The minimum Gasteiger partial charge on any atom is -0.463 e. The molecule has 3 rings (SSSR count). The molecule has 3 fully saturated rings. The van der Waals surface area contributed by atoms with Crippen LogP contribution < -0.4 is 0 Å². The lowest BCUT2D eigenvalue weighted by atomic mass is 10.2. The fourth-order valence-corrected chi connectivity index (χ4v) is 3.83. The van der Waals surface area contributed by atoms with Crippen molar-refractivity contribution in [3.05, 3.63) is 0 Å². The minimum atomic E-state index is -0.952. The van der Waals surface area contributed by atoms with Crippen LogP contribution in [0.3, 0.4) is 0 Å². The predicted octanol–water partition coefficient (Wildman–Crippen LogP) is 1.69. The standard InChI is InChI=1S/C11H16O7.C10H16O5.C4H6O3.CH4O4S/c1-6(12)15-5-9-4-10(16-7(2)13)11(18-9)17-8(3)14;1-6(11)12-5-7-4-8-9(13-7)15-10(2,3)14-8;1-3(5)7-4(2)6;1-6-5-4-3-2/h9-11H,4-5H2,1-3H3;7-9H,4-5H2,1-3H3;1-2H3;2H,1H3/t9?,10-,11?;7-,8+,9?;;/m10../s1. The zero-order valence-corrected chi connectivity index (χ0v) is 27.8. The summed E-state index contributed by atoms with van der Waals surface area (Å²) in [7, 11) is 0. The van der Waals surface area contributed by atoms with Crippen LogP contribution in [0.5, 0.6) is 0 Å². The van der Waals surface area contributed by atoms with Crippen LogP contribution in [-0.2, 0) is 85.8 Å². The van der Waals surface area contributed by atoms with E-state index < -0.39 is 54.1 Å². The molecule has 1 N–H and O–H groups in total. The highest BCUT2D eigenvalue weighted by Crippen LogP contribution is 2.37. The van der Waals surface area contributed by atoms with Gasteiger partial charge in [-0.25, -0.2) is 5.26 Å². The Bertz CT molecular complexity index is 932. The average molecular weight is 691 g/mol. The Morgan fingerprint density at radius 3 is 1.63 bits per heavy atom. The van der Waals surface area contributed by atoms with E-state index in [0.717, 1.165) is 12.0 Å². The predicted molar refractivity (Wildman–Crippen MR) is 149 cm³/mol. The molecular formula is C26H42O19S. The topological polar surface area (TPSA) is 233 Å². The van der Waals surface area contributed by atoms with Gasteiger partial charge in [0.2, 0.25) is 6.29 Å². The van der Waals surface area contributed by atoms with Crippen molar-refractivity contribution < 1.29 is 91.1 Å². The third-order valence-corrected chi connectivity index (χ3v) is 5.24. The molecule has 0 aromatic heterocycles. The van der Waals surface area contributed by atoms with E-state index >= 15 is 0 Å².